The average Bonchev–Trinajstić information content (AvgIpc) is 2.47. The standard InChI is InChI=1S/C13H16O6/c14-6-9(15)11(17)12-10(16)7-18-13(19-12)8-4-2-1-3-5-8/h1-6,9-13,15-17H,7H2/t9-,10+,11+,12+,13?/m0/s1. The minimum absolute atomic E-state index is 0.0487. The molecule has 1 aromatic rings. The lowest BCUT2D eigenvalue weighted by molar-refractivity contribution is -0.281. The van der Waals surface area contributed by atoms with Gasteiger partial charge in [-0.15, -0.1) is 0 Å². The topological polar surface area (TPSA) is 96.2 Å². The van der Waals surface area contributed by atoms with Crippen molar-refractivity contribution >= 4 is 6.29 Å². The highest BCUT2D eigenvalue weighted by atomic mass is 16.7. The van der Waals surface area contributed by atoms with Crippen LogP contribution >= 0.6 is 0 Å². The fourth-order valence-electron chi connectivity index (χ4n) is 1.92. The molecule has 1 unspecified atom stereocenters. The first-order chi connectivity index (χ1) is 9.13. The van der Waals surface area contributed by atoms with Crippen LogP contribution in [0.1, 0.15) is 11.9 Å². The van der Waals surface area contributed by atoms with Crippen molar-refractivity contribution in [1.29, 1.82) is 0 Å². The van der Waals surface area contributed by atoms with Crippen LogP contribution in [0.2, 0.25) is 0 Å². The van der Waals surface area contributed by atoms with E-state index in [0.717, 1.165) is 5.56 Å². The first kappa shape index (κ1) is 14.1. The second kappa shape index (κ2) is 6.23. The monoisotopic (exact) mass is 268 g/mol. The Morgan fingerprint density at radius 2 is 1.95 bits per heavy atom. The lowest BCUT2D eigenvalue weighted by Gasteiger charge is -2.37. The molecule has 2 rings (SSSR count). The number of carbonyl (C=O) groups is 1. The highest BCUT2D eigenvalue weighted by molar-refractivity contribution is 5.56. The van der Waals surface area contributed by atoms with Crippen LogP contribution < -0.4 is 0 Å². The van der Waals surface area contributed by atoms with E-state index in [1.807, 2.05) is 6.07 Å². The molecule has 1 aliphatic heterocycles. The zero-order chi connectivity index (χ0) is 13.8. The smallest absolute Gasteiger partial charge is 0.184 e. The second-order valence-electron chi connectivity index (χ2n) is 4.36. The van der Waals surface area contributed by atoms with E-state index in [2.05, 4.69) is 0 Å². The third kappa shape index (κ3) is 3.17. The van der Waals surface area contributed by atoms with Crippen LogP contribution in [0.4, 0.5) is 0 Å². The number of hydrogen-bond donors (Lipinski definition) is 3. The lowest BCUT2D eigenvalue weighted by Crippen LogP contribution is -2.51. The first-order valence-corrected chi connectivity index (χ1v) is 5.95. The van der Waals surface area contributed by atoms with E-state index in [-0.39, 0.29) is 12.9 Å². The fourth-order valence-corrected chi connectivity index (χ4v) is 1.92. The fraction of sp³-hybridized carbons (Fsp3) is 0.462. The Morgan fingerprint density at radius 1 is 1.26 bits per heavy atom. The molecule has 0 saturated carbocycles. The third-order valence-corrected chi connectivity index (χ3v) is 2.98. The zero-order valence-corrected chi connectivity index (χ0v) is 10.1. The van der Waals surface area contributed by atoms with Crippen molar-refractivity contribution in [2.75, 3.05) is 6.61 Å². The number of rotatable bonds is 4. The van der Waals surface area contributed by atoms with Gasteiger partial charge in [0.05, 0.1) is 6.61 Å². The van der Waals surface area contributed by atoms with Crippen molar-refractivity contribution in [3.63, 3.8) is 0 Å². The van der Waals surface area contributed by atoms with Crippen LogP contribution in [0.3, 0.4) is 0 Å². The van der Waals surface area contributed by atoms with Gasteiger partial charge in [-0.1, -0.05) is 30.3 Å². The minimum Gasteiger partial charge on any atom is -0.388 e. The Bertz CT molecular complexity index is 409. The summed E-state index contributed by atoms with van der Waals surface area (Å²) in [6.45, 7) is -0.0487. The first-order valence-electron chi connectivity index (χ1n) is 5.95. The van der Waals surface area contributed by atoms with E-state index in [0.29, 0.717) is 0 Å². The quantitative estimate of drug-likeness (QED) is 0.630. The number of ether oxygens (including phenoxy) is 2. The van der Waals surface area contributed by atoms with Gasteiger partial charge < -0.3 is 29.6 Å². The zero-order valence-electron chi connectivity index (χ0n) is 10.1. The highest BCUT2D eigenvalue weighted by Gasteiger charge is 2.39. The maximum absolute atomic E-state index is 10.5. The van der Waals surface area contributed by atoms with Crippen LogP contribution in [-0.4, -0.2) is 52.6 Å². The van der Waals surface area contributed by atoms with Gasteiger partial charge in [0.2, 0.25) is 0 Å². The predicted molar refractivity (Wildman–Crippen MR) is 64.1 cm³/mol. The molecule has 0 aromatic heterocycles. The van der Waals surface area contributed by atoms with E-state index < -0.39 is 30.7 Å². The number of carbonyl (C=O) groups excluding carboxylic acids is 1. The molecule has 104 valence electrons. The molecule has 1 aromatic carbocycles. The van der Waals surface area contributed by atoms with Crippen LogP contribution in [-0.2, 0) is 14.3 Å². The molecule has 3 N–H and O–H groups in total. The van der Waals surface area contributed by atoms with E-state index in [4.69, 9.17) is 9.47 Å². The molecule has 19 heavy (non-hydrogen) atoms. The summed E-state index contributed by atoms with van der Waals surface area (Å²) in [5.74, 6) is 0. The maximum Gasteiger partial charge on any atom is 0.184 e. The molecule has 1 heterocycles. The lowest BCUT2D eigenvalue weighted by atomic mass is 10.0. The van der Waals surface area contributed by atoms with Gasteiger partial charge in [0, 0.05) is 5.56 Å². The summed E-state index contributed by atoms with van der Waals surface area (Å²) in [7, 11) is 0. The Kier molecular flexibility index (Phi) is 4.62. The average molecular weight is 268 g/mol. The van der Waals surface area contributed by atoms with Gasteiger partial charge in [0.15, 0.2) is 12.6 Å². The summed E-state index contributed by atoms with van der Waals surface area (Å²) >= 11 is 0. The summed E-state index contributed by atoms with van der Waals surface area (Å²) in [4.78, 5) is 10.5. The molecule has 0 bridgehead atoms. The van der Waals surface area contributed by atoms with Crippen molar-refractivity contribution < 1.29 is 29.6 Å². The van der Waals surface area contributed by atoms with Crippen molar-refractivity contribution in [3.8, 4) is 0 Å². The Hall–Kier alpha value is -1.31. The molecule has 1 aliphatic rings. The number of aldehydes is 1. The van der Waals surface area contributed by atoms with E-state index >= 15 is 0 Å². The molecule has 5 atom stereocenters. The van der Waals surface area contributed by atoms with Crippen LogP contribution in [0, 0.1) is 0 Å². The molecule has 0 spiro atoms. The van der Waals surface area contributed by atoms with Crippen LogP contribution in [0.25, 0.3) is 0 Å². The summed E-state index contributed by atoms with van der Waals surface area (Å²) in [6.07, 6.45) is -5.84. The van der Waals surface area contributed by atoms with Crippen molar-refractivity contribution in [1.82, 2.24) is 0 Å². The van der Waals surface area contributed by atoms with Crippen molar-refractivity contribution in [2.45, 2.75) is 30.7 Å². The number of hydrogen-bond acceptors (Lipinski definition) is 6. The molecule has 0 radical (unpaired) electrons. The molecular weight excluding hydrogens is 252 g/mol. The van der Waals surface area contributed by atoms with E-state index in [1.54, 1.807) is 24.3 Å². The molecule has 0 aliphatic carbocycles. The summed E-state index contributed by atoms with van der Waals surface area (Å²) in [5, 5.41) is 28.8. The molecule has 6 heteroatoms. The molecule has 1 saturated heterocycles. The van der Waals surface area contributed by atoms with Gasteiger partial charge in [-0.3, -0.25) is 0 Å². The largest absolute Gasteiger partial charge is 0.388 e. The Labute approximate surface area is 110 Å². The maximum atomic E-state index is 10.5. The molecule has 0 amide bonds. The summed E-state index contributed by atoms with van der Waals surface area (Å²) in [5.41, 5.74) is 0.729. The number of aliphatic hydroxyl groups is 3. The molecular formula is C13H16O6. The summed E-state index contributed by atoms with van der Waals surface area (Å²) in [6, 6.07) is 9.01. The second-order valence-corrected chi connectivity index (χ2v) is 4.36. The minimum atomic E-state index is -1.60. The molecule has 1 fully saturated rings. The summed E-state index contributed by atoms with van der Waals surface area (Å²) < 4.78 is 10.7. The van der Waals surface area contributed by atoms with Gasteiger partial charge in [0.1, 0.15) is 24.4 Å². The van der Waals surface area contributed by atoms with Gasteiger partial charge in [0.25, 0.3) is 0 Å². The number of benzene rings is 1. The van der Waals surface area contributed by atoms with Gasteiger partial charge >= 0.3 is 0 Å². The predicted octanol–water partition coefficient (Wildman–Crippen LogP) is -0.618. The van der Waals surface area contributed by atoms with Gasteiger partial charge in [-0.05, 0) is 0 Å². The van der Waals surface area contributed by atoms with Gasteiger partial charge in [-0.25, -0.2) is 0 Å². The molecule has 6 nitrogen and oxygen atoms in total. The van der Waals surface area contributed by atoms with Crippen molar-refractivity contribution in [3.05, 3.63) is 35.9 Å². The van der Waals surface area contributed by atoms with Gasteiger partial charge in [-0.2, -0.15) is 0 Å². The van der Waals surface area contributed by atoms with E-state index in [1.165, 1.54) is 0 Å². The van der Waals surface area contributed by atoms with E-state index in [9.17, 15) is 20.1 Å². The number of aliphatic hydroxyl groups excluding tert-OH is 3. The third-order valence-electron chi connectivity index (χ3n) is 2.98. The SMILES string of the molecule is O=C[C@H](O)[C@@H](O)[C@@H]1OC(c2ccccc2)OC[C@H]1O. The van der Waals surface area contributed by atoms with Crippen molar-refractivity contribution in [2.24, 2.45) is 0 Å². The van der Waals surface area contributed by atoms with Crippen LogP contribution in [0.5, 0.6) is 0 Å². The Balaban J connectivity index is 2.10. The van der Waals surface area contributed by atoms with Crippen LogP contribution in [0.15, 0.2) is 30.3 Å². The highest BCUT2D eigenvalue weighted by Crippen LogP contribution is 2.28. The normalized spacial score (nSPS) is 30.6. The Morgan fingerprint density at radius 3 is 2.58 bits per heavy atom.